The van der Waals surface area contributed by atoms with Gasteiger partial charge in [-0.05, 0) is 36.4 Å². The van der Waals surface area contributed by atoms with Gasteiger partial charge in [0.15, 0.2) is 0 Å². The highest BCUT2D eigenvalue weighted by Gasteiger charge is 2.06. The number of carbonyl (C=O) groups excluding carboxylic acids is 1. The second-order valence-electron chi connectivity index (χ2n) is 3.51. The van der Waals surface area contributed by atoms with Crippen LogP contribution < -0.4 is 5.32 Å². The van der Waals surface area contributed by atoms with Crippen LogP contribution in [0, 0.1) is 5.82 Å². The molecule has 1 amide bonds. The number of aromatic hydroxyl groups is 1. The number of hydrogen-bond donors (Lipinski definition) is 2. The second kappa shape index (κ2) is 4.65. The largest absolute Gasteiger partial charge is 0.508 e. The number of rotatable bonds is 2. The van der Waals surface area contributed by atoms with Crippen LogP contribution >= 0.6 is 0 Å². The van der Waals surface area contributed by atoms with Crippen LogP contribution in [0.2, 0.25) is 0 Å². The molecule has 0 bridgehead atoms. The molecule has 0 heterocycles. The molecule has 0 aromatic heterocycles. The Labute approximate surface area is 97.5 Å². The number of carbonyl (C=O) groups is 1. The molecule has 0 atom stereocenters. The third-order valence-corrected chi connectivity index (χ3v) is 2.19. The summed E-state index contributed by atoms with van der Waals surface area (Å²) >= 11 is 0. The standard InChI is InChI=1S/C13H10FNO2/c14-10-4-2-5-11(8-10)15-13(17)9-3-1-6-12(16)7-9/h1-8,16H,(H,15,17). The van der Waals surface area contributed by atoms with E-state index in [0.717, 1.165) is 0 Å². The molecule has 0 saturated heterocycles. The number of phenolic OH excluding ortho intramolecular Hbond substituents is 1. The van der Waals surface area contributed by atoms with E-state index in [1.165, 1.54) is 30.3 Å². The molecular weight excluding hydrogens is 221 g/mol. The van der Waals surface area contributed by atoms with Gasteiger partial charge < -0.3 is 10.4 Å². The van der Waals surface area contributed by atoms with E-state index in [2.05, 4.69) is 5.32 Å². The smallest absolute Gasteiger partial charge is 0.255 e. The topological polar surface area (TPSA) is 49.3 Å². The first-order chi connectivity index (χ1) is 8.15. The number of amides is 1. The normalized spacial score (nSPS) is 9.94. The minimum absolute atomic E-state index is 0.0110. The summed E-state index contributed by atoms with van der Waals surface area (Å²) < 4.78 is 12.9. The minimum atomic E-state index is -0.418. The molecule has 2 N–H and O–H groups in total. The number of hydrogen-bond acceptors (Lipinski definition) is 2. The average Bonchev–Trinajstić information content (AvgIpc) is 2.29. The summed E-state index contributed by atoms with van der Waals surface area (Å²) in [7, 11) is 0. The van der Waals surface area contributed by atoms with Gasteiger partial charge in [0.25, 0.3) is 5.91 Å². The van der Waals surface area contributed by atoms with Gasteiger partial charge in [0.05, 0.1) is 0 Å². The maximum absolute atomic E-state index is 12.9. The molecule has 17 heavy (non-hydrogen) atoms. The molecule has 2 aromatic carbocycles. The molecule has 4 heteroatoms. The van der Waals surface area contributed by atoms with Crippen LogP contribution in [-0.4, -0.2) is 11.0 Å². The van der Waals surface area contributed by atoms with E-state index in [1.807, 2.05) is 0 Å². The lowest BCUT2D eigenvalue weighted by atomic mass is 10.2. The van der Waals surface area contributed by atoms with E-state index >= 15 is 0 Å². The zero-order valence-corrected chi connectivity index (χ0v) is 8.85. The first-order valence-corrected chi connectivity index (χ1v) is 5.01. The highest BCUT2D eigenvalue weighted by atomic mass is 19.1. The molecular formula is C13H10FNO2. The molecule has 0 aliphatic carbocycles. The summed E-state index contributed by atoms with van der Waals surface area (Å²) in [6.07, 6.45) is 0. The molecule has 0 fully saturated rings. The number of phenols is 1. The van der Waals surface area contributed by atoms with Crippen molar-refractivity contribution in [2.45, 2.75) is 0 Å². The first-order valence-electron chi connectivity index (χ1n) is 5.01. The highest BCUT2D eigenvalue weighted by Crippen LogP contribution is 2.14. The summed E-state index contributed by atoms with van der Waals surface area (Å²) in [6.45, 7) is 0. The molecule has 0 unspecified atom stereocenters. The van der Waals surface area contributed by atoms with Crippen molar-refractivity contribution >= 4 is 11.6 Å². The predicted octanol–water partition coefficient (Wildman–Crippen LogP) is 2.78. The van der Waals surface area contributed by atoms with Crippen LogP contribution in [0.25, 0.3) is 0 Å². The van der Waals surface area contributed by atoms with Crippen molar-refractivity contribution in [1.29, 1.82) is 0 Å². The van der Waals surface area contributed by atoms with Crippen LogP contribution in [-0.2, 0) is 0 Å². The van der Waals surface area contributed by atoms with E-state index in [4.69, 9.17) is 0 Å². The third kappa shape index (κ3) is 2.81. The molecule has 0 saturated carbocycles. The number of benzene rings is 2. The quantitative estimate of drug-likeness (QED) is 0.834. The minimum Gasteiger partial charge on any atom is -0.508 e. The van der Waals surface area contributed by atoms with Crippen molar-refractivity contribution in [1.82, 2.24) is 0 Å². The molecule has 0 aliphatic rings. The van der Waals surface area contributed by atoms with Gasteiger partial charge in [-0.2, -0.15) is 0 Å². The summed E-state index contributed by atoms with van der Waals surface area (Å²) in [4.78, 5) is 11.7. The summed E-state index contributed by atoms with van der Waals surface area (Å²) in [5.41, 5.74) is 0.688. The van der Waals surface area contributed by atoms with Gasteiger partial charge in [-0.3, -0.25) is 4.79 Å². The fourth-order valence-electron chi connectivity index (χ4n) is 1.42. The summed E-state index contributed by atoms with van der Waals surface area (Å²) in [6, 6.07) is 11.6. The third-order valence-electron chi connectivity index (χ3n) is 2.19. The SMILES string of the molecule is O=C(Nc1cccc(F)c1)c1cccc(O)c1. The Kier molecular flexibility index (Phi) is 3.05. The first kappa shape index (κ1) is 11.1. The lowest BCUT2D eigenvalue weighted by Crippen LogP contribution is -2.11. The van der Waals surface area contributed by atoms with E-state index in [1.54, 1.807) is 18.2 Å². The van der Waals surface area contributed by atoms with Gasteiger partial charge in [-0.1, -0.05) is 12.1 Å². The molecule has 86 valence electrons. The monoisotopic (exact) mass is 231 g/mol. The van der Waals surface area contributed by atoms with Crippen LogP contribution in [0.1, 0.15) is 10.4 Å². The maximum Gasteiger partial charge on any atom is 0.255 e. The van der Waals surface area contributed by atoms with Gasteiger partial charge >= 0.3 is 0 Å². The van der Waals surface area contributed by atoms with Crippen LogP contribution in [0.5, 0.6) is 5.75 Å². The fraction of sp³-hybridized carbons (Fsp3) is 0. The second-order valence-corrected chi connectivity index (χ2v) is 3.51. The zero-order valence-electron chi connectivity index (χ0n) is 8.85. The van der Waals surface area contributed by atoms with E-state index in [0.29, 0.717) is 11.3 Å². The van der Waals surface area contributed by atoms with Gasteiger partial charge in [-0.15, -0.1) is 0 Å². The van der Waals surface area contributed by atoms with E-state index < -0.39 is 11.7 Å². The Bertz CT molecular complexity index is 555. The van der Waals surface area contributed by atoms with Gasteiger partial charge in [0.1, 0.15) is 11.6 Å². The Morgan fingerprint density at radius 2 is 1.88 bits per heavy atom. The van der Waals surface area contributed by atoms with E-state index in [-0.39, 0.29) is 5.75 Å². The number of anilines is 1. The van der Waals surface area contributed by atoms with Crippen molar-refractivity contribution in [3.8, 4) is 5.75 Å². The van der Waals surface area contributed by atoms with Crippen molar-refractivity contribution < 1.29 is 14.3 Å². The van der Waals surface area contributed by atoms with Crippen molar-refractivity contribution in [2.24, 2.45) is 0 Å². The maximum atomic E-state index is 12.9. The van der Waals surface area contributed by atoms with Crippen molar-refractivity contribution in [2.75, 3.05) is 5.32 Å². The lowest BCUT2D eigenvalue weighted by Gasteiger charge is -2.05. The summed E-state index contributed by atoms with van der Waals surface area (Å²) in [5, 5.41) is 11.8. The Hall–Kier alpha value is -2.36. The summed E-state index contributed by atoms with van der Waals surface area (Å²) in [5.74, 6) is -0.804. The fourth-order valence-corrected chi connectivity index (χ4v) is 1.42. The number of nitrogens with one attached hydrogen (secondary N) is 1. The van der Waals surface area contributed by atoms with Crippen molar-refractivity contribution in [3.63, 3.8) is 0 Å². The molecule has 0 radical (unpaired) electrons. The van der Waals surface area contributed by atoms with Gasteiger partial charge in [0, 0.05) is 11.3 Å². The van der Waals surface area contributed by atoms with Crippen LogP contribution in [0.15, 0.2) is 48.5 Å². The number of halogens is 1. The predicted molar refractivity (Wildman–Crippen MR) is 62.5 cm³/mol. The van der Waals surface area contributed by atoms with Crippen LogP contribution in [0.3, 0.4) is 0 Å². The Morgan fingerprint density at radius 3 is 2.59 bits per heavy atom. The Balaban J connectivity index is 2.17. The lowest BCUT2D eigenvalue weighted by molar-refractivity contribution is 0.102. The van der Waals surface area contributed by atoms with Gasteiger partial charge in [0.2, 0.25) is 0 Å². The molecule has 3 nitrogen and oxygen atoms in total. The van der Waals surface area contributed by atoms with E-state index in [9.17, 15) is 14.3 Å². The zero-order chi connectivity index (χ0) is 12.3. The Morgan fingerprint density at radius 1 is 1.12 bits per heavy atom. The molecule has 2 rings (SSSR count). The molecule has 0 aliphatic heterocycles. The molecule has 0 spiro atoms. The molecule has 2 aromatic rings. The van der Waals surface area contributed by atoms with Crippen molar-refractivity contribution in [3.05, 3.63) is 59.9 Å². The van der Waals surface area contributed by atoms with Gasteiger partial charge in [-0.25, -0.2) is 4.39 Å². The highest BCUT2D eigenvalue weighted by molar-refractivity contribution is 6.04. The van der Waals surface area contributed by atoms with Crippen LogP contribution in [0.4, 0.5) is 10.1 Å². The average molecular weight is 231 g/mol.